The predicted octanol–water partition coefficient (Wildman–Crippen LogP) is 10.3. The van der Waals surface area contributed by atoms with Crippen molar-refractivity contribution in [3.05, 3.63) is 121 Å². The molecule has 9 rings (SSSR count). The SMILES string of the molecule is c1cc2c3c(cccc3c1)-c1cc3cc4cc5c6ccccc6c6ccccc6c5cc4cc3cc1-2. The summed E-state index contributed by atoms with van der Waals surface area (Å²) in [6.45, 7) is 0. The minimum absolute atomic E-state index is 1.30. The fraction of sp³-hybridized carbons (Fsp3) is 0. The van der Waals surface area contributed by atoms with Gasteiger partial charge in [0, 0.05) is 0 Å². The van der Waals surface area contributed by atoms with E-state index >= 15 is 0 Å². The molecule has 0 radical (unpaired) electrons. The molecule has 0 N–H and O–H groups in total. The van der Waals surface area contributed by atoms with Crippen LogP contribution in [-0.2, 0) is 0 Å². The minimum Gasteiger partial charge on any atom is -0.0616 e. The van der Waals surface area contributed by atoms with Crippen molar-refractivity contribution in [3.8, 4) is 22.3 Å². The molecule has 8 aromatic rings. The van der Waals surface area contributed by atoms with Crippen LogP contribution in [0.15, 0.2) is 121 Å². The molecule has 0 amide bonds. The first kappa shape index (κ1) is 18.6. The average Bonchev–Trinajstić information content (AvgIpc) is 3.24. The summed E-state index contributed by atoms with van der Waals surface area (Å²) in [7, 11) is 0. The third-order valence-corrected chi connectivity index (χ3v) is 8.28. The molecular formula is C36H20. The normalized spacial score (nSPS) is 12.4. The summed E-state index contributed by atoms with van der Waals surface area (Å²) in [6.07, 6.45) is 0. The van der Waals surface area contributed by atoms with Gasteiger partial charge >= 0.3 is 0 Å². The summed E-state index contributed by atoms with van der Waals surface area (Å²) < 4.78 is 0. The smallest absolute Gasteiger partial charge is 0.00264 e. The van der Waals surface area contributed by atoms with Gasteiger partial charge in [0.05, 0.1) is 0 Å². The van der Waals surface area contributed by atoms with Gasteiger partial charge < -0.3 is 0 Å². The third-order valence-electron chi connectivity index (χ3n) is 8.28. The zero-order valence-corrected chi connectivity index (χ0v) is 19.5. The monoisotopic (exact) mass is 452 g/mol. The van der Waals surface area contributed by atoms with Gasteiger partial charge in [0.15, 0.2) is 0 Å². The highest BCUT2D eigenvalue weighted by molar-refractivity contribution is 6.27. The largest absolute Gasteiger partial charge is 0.0616 e. The Morgan fingerprint density at radius 1 is 0.250 bits per heavy atom. The lowest BCUT2D eigenvalue weighted by Gasteiger charge is -2.13. The standard InChI is InChI=1S/C36H20/c1-3-11-28-26(9-1)27-10-2-4-12-29(27)33-18-23-16-25-20-35-31-14-6-8-21-7-5-13-30(36(21)31)34(35)19-24(25)15-22(23)17-32(28)33/h1-20H. The van der Waals surface area contributed by atoms with Gasteiger partial charge in [0.1, 0.15) is 0 Å². The van der Waals surface area contributed by atoms with Crippen LogP contribution in [0.3, 0.4) is 0 Å². The highest BCUT2D eigenvalue weighted by atomic mass is 14.2. The molecule has 0 heteroatoms. The second kappa shape index (κ2) is 6.50. The predicted molar refractivity (Wildman–Crippen MR) is 156 cm³/mol. The number of fused-ring (bicyclic) bond motifs is 11. The van der Waals surface area contributed by atoms with E-state index in [2.05, 4.69) is 121 Å². The van der Waals surface area contributed by atoms with Crippen LogP contribution in [0, 0.1) is 0 Å². The summed E-state index contributed by atoms with van der Waals surface area (Å²) in [5.74, 6) is 0. The molecule has 8 aromatic carbocycles. The molecule has 0 atom stereocenters. The minimum atomic E-state index is 1.30. The maximum Gasteiger partial charge on any atom is -0.00264 e. The fourth-order valence-electron chi connectivity index (χ4n) is 6.69. The Labute approximate surface area is 208 Å². The van der Waals surface area contributed by atoms with E-state index in [1.807, 2.05) is 0 Å². The van der Waals surface area contributed by atoms with Crippen LogP contribution < -0.4 is 0 Å². The van der Waals surface area contributed by atoms with Gasteiger partial charge in [-0.1, -0.05) is 84.9 Å². The van der Waals surface area contributed by atoms with E-state index in [0.717, 1.165) is 0 Å². The van der Waals surface area contributed by atoms with Crippen molar-refractivity contribution in [1.29, 1.82) is 0 Å². The van der Waals surface area contributed by atoms with Crippen molar-refractivity contribution < 1.29 is 0 Å². The summed E-state index contributed by atoms with van der Waals surface area (Å²) in [6, 6.07) is 45.4. The first-order valence-corrected chi connectivity index (χ1v) is 12.6. The Morgan fingerprint density at radius 2 is 0.667 bits per heavy atom. The molecule has 0 fully saturated rings. The third kappa shape index (κ3) is 2.29. The van der Waals surface area contributed by atoms with E-state index in [1.165, 1.54) is 86.9 Å². The number of benzene rings is 8. The average molecular weight is 453 g/mol. The van der Waals surface area contributed by atoms with E-state index in [0.29, 0.717) is 0 Å². The molecule has 0 aromatic heterocycles. The Balaban J connectivity index is 1.41. The van der Waals surface area contributed by atoms with Gasteiger partial charge in [-0.25, -0.2) is 0 Å². The first-order valence-electron chi connectivity index (χ1n) is 12.6. The molecule has 164 valence electrons. The van der Waals surface area contributed by atoms with E-state index in [4.69, 9.17) is 0 Å². The van der Waals surface area contributed by atoms with Crippen LogP contribution >= 0.6 is 0 Å². The quantitative estimate of drug-likeness (QED) is 0.159. The van der Waals surface area contributed by atoms with Crippen LogP contribution in [0.25, 0.3) is 86.9 Å². The molecule has 1 aliphatic carbocycles. The maximum absolute atomic E-state index is 2.40. The summed E-state index contributed by atoms with van der Waals surface area (Å²) in [5, 5.41) is 15.9. The zero-order chi connectivity index (χ0) is 23.4. The Morgan fingerprint density at radius 3 is 1.14 bits per heavy atom. The highest BCUT2D eigenvalue weighted by Gasteiger charge is 2.21. The molecule has 0 aliphatic heterocycles. The van der Waals surface area contributed by atoms with Crippen molar-refractivity contribution in [3.63, 3.8) is 0 Å². The zero-order valence-electron chi connectivity index (χ0n) is 19.5. The first-order chi connectivity index (χ1) is 17.8. The van der Waals surface area contributed by atoms with Gasteiger partial charge in [0.2, 0.25) is 0 Å². The van der Waals surface area contributed by atoms with Crippen LogP contribution in [0.4, 0.5) is 0 Å². The number of rotatable bonds is 0. The van der Waals surface area contributed by atoms with Crippen molar-refractivity contribution in [1.82, 2.24) is 0 Å². The Kier molecular flexibility index (Phi) is 3.36. The Hall–Kier alpha value is -4.68. The lowest BCUT2D eigenvalue weighted by molar-refractivity contribution is 1.75. The van der Waals surface area contributed by atoms with Crippen molar-refractivity contribution >= 4 is 64.6 Å². The fourth-order valence-corrected chi connectivity index (χ4v) is 6.69. The van der Waals surface area contributed by atoms with E-state index in [-0.39, 0.29) is 0 Å². The van der Waals surface area contributed by atoms with Gasteiger partial charge in [-0.3, -0.25) is 0 Å². The molecule has 0 heterocycles. The molecule has 1 aliphatic rings. The lowest BCUT2D eigenvalue weighted by atomic mass is 9.91. The van der Waals surface area contributed by atoms with E-state index < -0.39 is 0 Å². The highest BCUT2D eigenvalue weighted by Crippen LogP contribution is 2.49. The van der Waals surface area contributed by atoms with Crippen LogP contribution in [-0.4, -0.2) is 0 Å². The van der Waals surface area contributed by atoms with Gasteiger partial charge in [-0.15, -0.1) is 0 Å². The number of hydrogen-bond donors (Lipinski definition) is 0. The van der Waals surface area contributed by atoms with Crippen molar-refractivity contribution in [2.75, 3.05) is 0 Å². The molecule has 0 nitrogen and oxygen atoms in total. The maximum atomic E-state index is 2.40. The van der Waals surface area contributed by atoms with Crippen LogP contribution in [0.2, 0.25) is 0 Å². The molecular weight excluding hydrogens is 432 g/mol. The molecule has 0 bridgehead atoms. The van der Waals surface area contributed by atoms with Crippen LogP contribution in [0.5, 0.6) is 0 Å². The van der Waals surface area contributed by atoms with Gasteiger partial charge in [0.25, 0.3) is 0 Å². The molecule has 0 spiro atoms. The lowest BCUT2D eigenvalue weighted by Crippen LogP contribution is -1.85. The van der Waals surface area contributed by atoms with Crippen molar-refractivity contribution in [2.45, 2.75) is 0 Å². The topological polar surface area (TPSA) is 0 Å². The summed E-state index contributed by atoms with van der Waals surface area (Å²) >= 11 is 0. The molecule has 0 saturated heterocycles. The molecule has 36 heavy (non-hydrogen) atoms. The van der Waals surface area contributed by atoms with E-state index in [1.54, 1.807) is 0 Å². The number of hydrogen-bond acceptors (Lipinski definition) is 0. The molecule has 0 unspecified atom stereocenters. The summed E-state index contributed by atoms with van der Waals surface area (Å²) in [4.78, 5) is 0. The van der Waals surface area contributed by atoms with Gasteiger partial charge in [-0.05, 0) is 123 Å². The summed E-state index contributed by atoms with van der Waals surface area (Å²) in [5.41, 5.74) is 5.42. The Bertz CT molecular complexity index is 2090. The van der Waals surface area contributed by atoms with E-state index in [9.17, 15) is 0 Å². The molecule has 0 saturated carbocycles. The van der Waals surface area contributed by atoms with Gasteiger partial charge in [-0.2, -0.15) is 0 Å². The van der Waals surface area contributed by atoms with Crippen molar-refractivity contribution in [2.24, 2.45) is 0 Å². The second-order valence-corrected chi connectivity index (χ2v) is 10.1. The second-order valence-electron chi connectivity index (χ2n) is 10.1. The van der Waals surface area contributed by atoms with Crippen LogP contribution in [0.1, 0.15) is 0 Å².